The van der Waals surface area contributed by atoms with Crippen LogP contribution in [0.1, 0.15) is 0 Å². The van der Waals surface area contributed by atoms with E-state index in [0.29, 0.717) is 6.54 Å². The van der Waals surface area contributed by atoms with Crippen LogP contribution in [0, 0.1) is 0 Å². The lowest BCUT2D eigenvalue weighted by Crippen LogP contribution is -2.26. The SMILES string of the molecule is OCCN1CCSC1=S. The highest BCUT2D eigenvalue weighted by atomic mass is 32.2. The molecule has 0 atom stereocenters. The van der Waals surface area contributed by atoms with Crippen LogP contribution in [0.3, 0.4) is 0 Å². The largest absolute Gasteiger partial charge is 0.395 e. The zero-order chi connectivity index (χ0) is 6.69. The first-order valence-electron chi connectivity index (χ1n) is 2.87. The van der Waals surface area contributed by atoms with Gasteiger partial charge in [-0.15, -0.1) is 0 Å². The number of nitrogens with zero attached hydrogens (tertiary/aromatic N) is 1. The van der Waals surface area contributed by atoms with Gasteiger partial charge in [0.1, 0.15) is 4.32 Å². The molecule has 0 spiro atoms. The average molecular weight is 163 g/mol. The standard InChI is InChI=1S/C5H9NOS2/c7-3-1-6-2-4-9-5(6)8/h7H,1-4H2. The van der Waals surface area contributed by atoms with Gasteiger partial charge in [0.2, 0.25) is 0 Å². The van der Waals surface area contributed by atoms with Gasteiger partial charge >= 0.3 is 0 Å². The predicted octanol–water partition coefficient (Wildman–Crippen LogP) is 0.312. The lowest BCUT2D eigenvalue weighted by molar-refractivity contribution is 0.258. The minimum absolute atomic E-state index is 0.209. The number of thioether (sulfide) groups is 1. The van der Waals surface area contributed by atoms with Gasteiger partial charge in [-0.2, -0.15) is 0 Å². The first-order chi connectivity index (χ1) is 4.34. The zero-order valence-corrected chi connectivity index (χ0v) is 6.67. The molecule has 0 bridgehead atoms. The fraction of sp³-hybridized carbons (Fsp3) is 0.800. The third kappa shape index (κ3) is 1.81. The predicted molar refractivity (Wildman–Crippen MR) is 43.7 cm³/mol. The highest BCUT2D eigenvalue weighted by Gasteiger charge is 2.15. The third-order valence-electron chi connectivity index (χ3n) is 1.21. The highest BCUT2D eigenvalue weighted by Crippen LogP contribution is 2.16. The maximum atomic E-state index is 8.53. The third-order valence-corrected chi connectivity index (χ3v) is 2.72. The van der Waals surface area contributed by atoms with Crippen LogP contribution in [0.25, 0.3) is 0 Å². The summed E-state index contributed by atoms with van der Waals surface area (Å²) in [5.41, 5.74) is 0. The molecular weight excluding hydrogens is 154 g/mol. The van der Waals surface area contributed by atoms with E-state index in [9.17, 15) is 0 Å². The van der Waals surface area contributed by atoms with Gasteiger partial charge in [-0.05, 0) is 0 Å². The van der Waals surface area contributed by atoms with Gasteiger partial charge in [-0.3, -0.25) is 0 Å². The Morgan fingerprint density at radius 2 is 2.56 bits per heavy atom. The molecule has 4 heteroatoms. The molecule has 1 aliphatic heterocycles. The van der Waals surface area contributed by atoms with Crippen molar-refractivity contribution in [2.75, 3.05) is 25.4 Å². The van der Waals surface area contributed by atoms with Gasteiger partial charge in [0.05, 0.1) is 6.61 Å². The second kappa shape index (κ2) is 3.39. The van der Waals surface area contributed by atoms with Crippen LogP contribution in [0.2, 0.25) is 0 Å². The van der Waals surface area contributed by atoms with E-state index in [1.807, 2.05) is 4.90 Å². The number of rotatable bonds is 2. The summed E-state index contributed by atoms with van der Waals surface area (Å²) < 4.78 is 0.934. The molecule has 1 heterocycles. The number of aliphatic hydroxyl groups excluding tert-OH is 1. The van der Waals surface area contributed by atoms with Crippen LogP contribution in [0.5, 0.6) is 0 Å². The zero-order valence-electron chi connectivity index (χ0n) is 5.04. The van der Waals surface area contributed by atoms with Crippen LogP contribution >= 0.6 is 24.0 Å². The van der Waals surface area contributed by atoms with Gasteiger partial charge in [0.25, 0.3) is 0 Å². The Hall–Kier alpha value is 0.200. The van der Waals surface area contributed by atoms with Crippen LogP contribution in [0.4, 0.5) is 0 Å². The Labute approximate surface area is 64.2 Å². The van der Waals surface area contributed by atoms with Gasteiger partial charge in [0, 0.05) is 18.8 Å². The summed E-state index contributed by atoms with van der Waals surface area (Å²) in [6.45, 7) is 1.91. The van der Waals surface area contributed by atoms with Crippen molar-refractivity contribution >= 4 is 28.3 Å². The molecule has 1 aliphatic rings. The Morgan fingerprint density at radius 1 is 1.78 bits per heavy atom. The Bertz CT molecular complexity index is 118. The number of β-amino-alcohol motifs (C(OH)–C–C–N with tert-alkyl or cyclic N) is 1. The van der Waals surface area contributed by atoms with E-state index >= 15 is 0 Å². The fourth-order valence-electron chi connectivity index (χ4n) is 0.750. The molecule has 0 aliphatic carbocycles. The van der Waals surface area contributed by atoms with E-state index in [0.717, 1.165) is 16.6 Å². The molecule has 0 aromatic rings. The van der Waals surface area contributed by atoms with E-state index in [1.165, 1.54) is 0 Å². The van der Waals surface area contributed by atoms with Crippen molar-refractivity contribution in [2.24, 2.45) is 0 Å². The van der Waals surface area contributed by atoms with Crippen molar-refractivity contribution in [2.45, 2.75) is 0 Å². The molecule has 0 unspecified atom stereocenters. The molecule has 0 radical (unpaired) electrons. The molecule has 1 saturated heterocycles. The maximum Gasteiger partial charge on any atom is 0.136 e. The number of hydrogen-bond donors (Lipinski definition) is 1. The van der Waals surface area contributed by atoms with E-state index < -0.39 is 0 Å². The molecule has 2 nitrogen and oxygen atoms in total. The quantitative estimate of drug-likeness (QED) is 0.592. The Balaban J connectivity index is 2.31. The Kier molecular flexibility index (Phi) is 2.75. The summed E-state index contributed by atoms with van der Waals surface area (Å²) in [4.78, 5) is 2.03. The van der Waals surface area contributed by atoms with Crippen molar-refractivity contribution in [3.05, 3.63) is 0 Å². The van der Waals surface area contributed by atoms with Crippen molar-refractivity contribution in [1.82, 2.24) is 4.90 Å². The normalized spacial score (nSPS) is 19.2. The number of thiocarbonyl (C=S) groups is 1. The van der Waals surface area contributed by atoms with Crippen molar-refractivity contribution < 1.29 is 5.11 Å². The second-order valence-electron chi connectivity index (χ2n) is 1.83. The molecule has 1 rings (SSSR count). The highest BCUT2D eigenvalue weighted by molar-refractivity contribution is 8.23. The summed E-state index contributed by atoms with van der Waals surface area (Å²) in [6, 6.07) is 0. The molecule has 0 saturated carbocycles. The fourth-order valence-corrected chi connectivity index (χ4v) is 2.03. The van der Waals surface area contributed by atoms with E-state index in [-0.39, 0.29) is 6.61 Å². The summed E-state index contributed by atoms with van der Waals surface area (Å²) in [7, 11) is 0. The number of aliphatic hydroxyl groups is 1. The van der Waals surface area contributed by atoms with Crippen LogP contribution in [-0.4, -0.2) is 39.8 Å². The Morgan fingerprint density at radius 3 is 3.00 bits per heavy atom. The molecule has 1 fully saturated rings. The first-order valence-corrected chi connectivity index (χ1v) is 4.26. The van der Waals surface area contributed by atoms with Gasteiger partial charge < -0.3 is 10.0 Å². The molecular formula is C5H9NOS2. The summed E-state index contributed by atoms with van der Waals surface area (Å²) in [5, 5.41) is 8.53. The van der Waals surface area contributed by atoms with Crippen molar-refractivity contribution in [3.8, 4) is 0 Å². The van der Waals surface area contributed by atoms with Crippen molar-refractivity contribution in [1.29, 1.82) is 0 Å². The minimum Gasteiger partial charge on any atom is -0.395 e. The van der Waals surface area contributed by atoms with E-state index in [1.54, 1.807) is 11.8 Å². The molecule has 52 valence electrons. The van der Waals surface area contributed by atoms with E-state index in [2.05, 4.69) is 0 Å². The second-order valence-corrected chi connectivity index (χ2v) is 3.55. The molecule has 9 heavy (non-hydrogen) atoms. The molecule has 0 aromatic carbocycles. The molecule has 1 N–H and O–H groups in total. The molecule has 0 amide bonds. The summed E-state index contributed by atoms with van der Waals surface area (Å²) >= 11 is 6.68. The smallest absolute Gasteiger partial charge is 0.136 e. The summed E-state index contributed by atoms with van der Waals surface area (Å²) in [5.74, 6) is 1.08. The monoisotopic (exact) mass is 163 g/mol. The van der Waals surface area contributed by atoms with Crippen LogP contribution in [-0.2, 0) is 0 Å². The topological polar surface area (TPSA) is 23.5 Å². The minimum atomic E-state index is 0.209. The van der Waals surface area contributed by atoms with Gasteiger partial charge in [-0.1, -0.05) is 24.0 Å². The van der Waals surface area contributed by atoms with Crippen molar-refractivity contribution in [3.63, 3.8) is 0 Å². The van der Waals surface area contributed by atoms with Crippen LogP contribution in [0.15, 0.2) is 0 Å². The lowest BCUT2D eigenvalue weighted by atomic mass is 10.6. The summed E-state index contributed by atoms with van der Waals surface area (Å²) in [6.07, 6.45) is 0. The van der Waals surface area contributed by atoms with Gasteiger partial charge in [-0.25, -0.2) is 0 Å². The molecule has 0 aromatic heterocycles. The van der Waals surface area contributed by atoms with Crippen LogP contribution < -0.4 is 0 Å². The van der Waals surface area contributed by atoms with E-state index in [4.69, 9.17) is 17.3 Å². The maximum absolute atomic E-state index is 8.53. The average Bonchev–Trinajstić information content (AvgIpc) is 2.18. The lowest BCUT2D eigenvalue weighted by Gasteiger charge is -2.13. The number of hydrogen-bond acceptors (Lipinski definition) is 3. The van der Waals surface area contributed by atoms with Gasteiger partial charge in [0.15, 0.2) is 0 Å². The first kappa shape index (κ1) is 7.31.